The van der Waals surface area contributed by atoms with Crippen LogP contribution in [0.15, 0.2) is 4.52 Å². The van der Waals surface area contributed by atoms with Crippen molar-refractivity contribution in [3.63, 3.8) is 0 Å². The van der Waals surface area contributed by atoms with E-state index in [2.05, 4.69) is 15.5 Å². The summed E-state index contributed by atoms with van der Waals surface area (Å²) in [6, 6.07) is 0.246. The Labute approximate surface area is 106 Å². The maximum Gasteiger partial charge on any atom is 0.233 e. The van der Waals surface area contributed by atoms with Gasteiger partial charge in [0.2, 0.25) is 11.7 Å². The zero-order chi connectivity index (χ0) is 12.6. The molecule has 1 N–H and O–H groups in total. The Hall–Kier alpha value is -0.980. The lowest BCUT2D eigenvalue weighted by Gasteiger charge is -2.17. The van der Waals surface area contributed by atoms with E-state index in [1.165, 1.54) is 0 Å². The number of aromatic nitrogens is 2. The van der Waals surface area contributed by atoms with Crippen LogP contribution in [0.4, 0.5) is 0 Å². The summed E-state index contributed by atoms with van der Waals surface area (Å²) in [6.07, 6.45) is 1.99. The van der Waals surface area contributed by atoms with Crippen molar-refractivity contribution < 1.29 is 14.0 Å². The number of rotatable bonds is 3. The summed E-state index contributed by atoms with van der Waals surface area (Å²) < 4.78 is 16.6. The van der Waals surface area contributed by atoms with Crippen molar-refractivity contribution in [1.82, 2.24) is 15.5 Å². The zero-order valence-corrected chi connectivity index (χ0v) is 10.8. The van der Waals surface area contributed by atoms with Gasteiger partial charge in [0.05, 0.1) is 19.1 Å². The minimum atomic E-state index is -0.379. The SMILES string of the molecule is CNC1COCC1c1nc(C2(C)CCCO2)no1. The van der Waals surface area contributed by atoms with Crippen molar-refractivity contribution in [2.75, 3.05) is 26.9 Å². The van der Waals surface area contributed by atoms with Gasteiger partial charge in [-0.3, -0.25) is 0 Å². The van der Waals surface area contributed by atoms with E-state index < -0.39 is 0 Å². The molecular formula is C12H19N3O3. The molecule has 18 heavy (non-hydrogen) atoms. The van der Waals surface area contributed by atoms with Crippen molar-refractivity contribution in [2.45, 2.75) is 37.3 Å². The fraction of sp³-hybridized carbons (Fsp3) is 0.833. The lowest BCUT2D eigenvalue weighted by atomic mass is 10.0. The Kier molecular flexibility index (Phi) is 3.09. The smallest absolute Gasteiger partial charge is 0.233 e. The molecule has 0 aliphatic carbocycles. The third-order valence-corrected chi connectivity index (χ3v) is 3.90. The first-order valence-corrected chi connectivity index (χ1v) is 6.46. The van der Waals surface area contributed by atoms with Gasteiger partial charge >= 0.3 is 0 Å². The molecule has 0 spiro atoms. The highest BCUT2D eigenvalue weighted by atomic mass is 16.5. The first-order chi connectivity index (χ1) is 8.73. The number of nitrogens with zero attached hydrogens (tertiary/aromatic N) is 2. The molecule has 2 aliphatic rings. The van der Waals surface area contributed by atoms with Crippen LogP contribution in [-0.2, 0) is 15.1 Å². The number of ether oxygens (including phenoxy) is 2. The van der Waals surface area contributed by atoms with Gasteiger partial charge in [-0.15, -0.1) is 0 Å². The largest absolute Gasteiger partial charge is 0.379 e. The van der Waals surface area contributed by atoms with Crippen molar-refractivity contribution in [3.05, 3.63) is 11.7 Å². The van der Waals surface area contributed by atoms with E-state index in [4.69, 9.17) is 14.0 Å². The fourth-order valence-corrected chi connectivity index (χ4v) is 2.64. The molecule has 1 aromatic rings. The van der Waals surface area contributed by atoms with Crippen molar-refractivity contribution in [3.8, 4) is 0 Å². The lowest BCUT2D eigenvalue weighted by molar-refractivity contribution is 0.00768. The van der Waals surface area contributed by atoms with Gasteiger partial charge in [0.25, 0.3) is 0 Å². The molecular weight excluding hydrogens is 234 g/mol. The summed E-state index contributed by atoms with van der Waals surface area (Å²) in [4.78, 5) is 4.52. The summed E-state index contributed by atoms with van der Waals surface area (Å²) in [5, 5.41) is 7.31. The average Bonchev–Trinajstić information content (AvgIpc) is 3.08. The molecule has 3 heterocycles. The number of hydrogen-bond donors (Lipinski definition) is 1. The van der Waals surface area contributed by atoms with Gasteiger partial charge in [-0.1, -0.05) is 5.16 Å². The van der Waals surface area contributed by atoms with Crippen LogP contribution < -0.4 is 5.32 Å². The van der Waals surface area contributed by atoms with Gasteiger partial charge < -0.3 is 19.3 Å². The second-order valence-corrected chi connectivity index (χ2v) is 5.18. The monoisotopic (exact) mass is 253 g/mol. The molecule has 1 aromatic heterocycles. The molecule has 6 nitrogen and oxygen atoms in total. The molecule has 2 saturated heterocycles. The molecule has 2 fully saturated rings. The maximum absolute atomic E-state index is 5.72. The predicted octanol–water partition coefficient (Wildman–Crippen LogP) is 0.797. The van der Waals surface area contributed by atoms with Gasteiger partial charge in [-0.25, -0.2) is 0 Å². The van der Waals surface area contributed by atoms with E-state index in [0.29, 0.717) is 24.9 Å². The molecule has 100 valence electrons. The molecule has 6 heteroatoms. The van der Waals surface area contributed by atoms with Crippen LogP contribution in [0.1, 0.15) is 37.4 Å². The normalized spacial score (nSPS) is 36.3. The standard InChI is InChI=1S/C12H19N3O3/c1-12(4-3-5-17-12)11-14-10(18-15-11)8-6-16-7-9(8)13-2/h8-9,13H,3-7H2,1-2H3. The third kappa shape index (κ3) is 1.94. The maximum atomic E-state index is 5.72. The van der Waals surface area contributed by atoms with Crippen LogP contribution in [-0.4, -0.2) is 43.1 Å². The van der Waals surface area contributed by atoms with E-state index in [9.17, 15) is 0 Å². The molecule has 3 unspecified atom stereocenters. The summed E-state index contributed by atoms with van der Waals surface area (Å²) in [5.74, 6) is 1.46. The molecule has 0 radical (unpaired) electrons. The summed E-state index contributed by atoms with van der Waals surface area (Å²) >= 11 is 0. The summed E-state index contributed by atoms with van der Waals surface area (Å²) in [5.41, 5.74) is -0.379. The molecule has 0 amide bonds. The van der Waals surface area contributed by atoms with Crippen LogP contribution in [0.25, 0.3) is 0 Å². The highest BCUT2D eigenvalue weighted by molar-refractivity contribution is 5.07. The Morgan fingerprint density at radius 3 is 3.00 bits per heavy atom. The van der Waals surface area contributed by atoms with Gasteiger partial charge in [-0.2, -0.15) is 4.98 Å². The van der Waals surface area contributed by atoms with Crippen LogP contribution in [0.3, 0.4) is 0 Å². The Balaban J connectivity index is 1.81. The second kappa shape index (κ2) is 4.60. The van der Waals surface area contributed by atoms with Gasteiger partial charge in [-0.05, 0) is 26.8 Å². The van der Waals surface area contributed by atoms with Crippen molar-refractivity contribution in [2.24, 2.45) is 0 Å². The van der Waals surface area contributed by atoms with Gasteiger partial charge in [0, 0.05) is 12.6 Å². The number of likely N-dealkylation sites (N-methyl/N-ethyl adjacent to an activating group) is 1. The zero-order valence-electron chi connectivity index (χ0n) is 10.8. The average molecular weight is 253 g/mol. The van der Waals surface area contributed by atoms with E-state index >= 15 is 0 Å². The topological polar surface area (TPSA) is 69.4 Å². The number of nitrogens with one attached hydrogen (secondary N) is 1. The lowest BCUT2D eigenvalue weighted by Crippen LogP contribution is -2.31. The minimum absolute atomic E-state index is 0.140. The Morgan fingerprint density at radius 2 is 2.28 bits per heavy atom. The molecule has 0 aromatic carbocycles. The van der Waals surface area contributed by atoms with E-state index in [1.54, 1.807) is 0 Å². The van der Waals surface area contributed by atoms with Gasteiger partial charge in [0.1, 0.15) is 5.60 Å². The molecule has 3 atom stereocenters. The quantitative estimate of drug-likeness (QED) is 0.859. The Bertz CT molecular complexity index is 414. The van der Waals surface area contributed by atoms with E-state index in [-0.39, 0.29) is 17.6 Å². The first-order valence-electron chi connectivity index (χ1n) is 6.46. The minimum Gasteiger partial charge on any atom is -0.379 e. The van der Waals surface area contributed by atoms with E-state index in [0.717, 1.165) is 19.4 Å². The molecule has 0 bridgehead atoms. The van der Waals surface area contributed by atoms with Crippen LogP contribution in [0.5, 0.6) is 0 Å². The highest BCUT2D eigenvalue weighted by Gasteiger charge is 2.39. The first kappa shape index (κ1) is 12.1. The fourth-order valence-electron chi connectivity index (χ4n) is 2.64. The second-order valence-electron chi connectivity index (χ2n) is 5.18. The van der Waals surface area contributed by atoms with Crippen LogP contribution in [0.2, 0.25) is 0 Å². The Morgan fingerprint density at radius 1 is 1.39 bits per heavy atom. The summed E-state index contributed by atoms with van der Waals surface area (Å²) in [6.45, 7) is 4.11. The molecule has 3 rings (SSSR count). The van der Waals surface area contributed by atoms with Crippen LogP contribution >= 0.6 is 0 Å². The van der Waals surface area contributed by atoms with Crippen molar-refractivity contribution in [1.29, 1.82) is 0 Å². The van der Waals surface area contributed by atoms with Gasteiger partial charge in [0.15, 0.2) is 0 Å². The molecule has 0 saturated carbocycles. The molecule has 2 aliphatic heterocycles. The highest BCUT2D eigenvalue weighted by Crippen LogP contribution is 2.35. The van der Waals surface area contributed by atoms with E-state index in [1.807, 2.05) is 14.0 Å². The predicted molar refractivity (Wildman–Crippen MR) is 63.2 cm³/mol. The van der Waals surface area contributed by atoms with Crippen molar-refractivity contribution >= 4 is 0 Å². The third-order valence-electron chi connectivity index (χ3n) is 3.90. The summed E-state index contributed by atoms with van der Waals surface area (Å²) in [7, 11) is 1.92. The van der Waals surface area contributed by atoms with Crippen LogP contribution in [0, 0.1) is 0 Å². The number of hydrogen-bond acceptors (Lipinski definition) is 6.